The predicted molar refractivity (Wildman–Crippen MR) is 57.1 cm³/mol. The van der Waals surface area contributed by atoms with Crippen LogP contribution < -0.4 is 10.9 Å². The molecule has 4 heteroatoms. The zero-order chi connectivity index (χ0) is 9.84. The van der Waals surface area contributed by atoms with Crippen LogP contribution in [-0.2, 0) is 0 Å². The number of benzene rings is 1. The Balaban J connectivity index is 2.88. The Hall–Kier alpha value is -0.280. The first-order chi connectivity index (χ1) is 6.15. The fourth-order valence-electron chi connectivity index (χ4n) is 1.15. The molecule has 0 fully saturated rings. The van der Waals surface area contributed by atoms with Gasteiger partial charge in [0.25, 0.3) is 0 Å². The number of nitrogens with one attached hydrogen (secondary N) is 2. The summed E-state index contributed by atoms with van der Waals surface area (Å²) in [5, 5.41) is 1.34. The SMILES string of the molecule is CNN[C@H](C)c1ccc(Cl)cc1Cl. The highest BCUT2D eigenvalue weighted by atomic mass is 35.5. The normalized spacial score (nSPS) is 12.9. The second kappa shape index (κ2) is 4.82. The molecule has 0 aromatic heterocycles. The van der Waals surface area contributed by atoms with Gasteiger partial charge in [-0.25, -0.2) is 0 Å². The molecular formula is C9H12Cl2N2. The van der Waals surface area contributed by atoms with E-state index in [0.29, 0.717) is 10.0 Å². The second-order valence-electron chi connectivity index (χ2n) is 2.78. The van der Waals surface area contributed by atoms with E-state index in [1.165, 1.54) is 0 Å². The van der Waals surface area contributed by atoms with Gasteiger partial charge in [-0.2, -0.15) is 0 Å². The summed E-state index contributed by atoms with van der Waals surface area (Å²) in [5.41, 5.74) is 6.94. The van der Waals surface area contributed by atoms with Crippen LogP contribution in [0.3, 0.4) is 0 Å². The first-order valence-corrected chi connectivity index (χ1v) is 4.78. The molecule has 0 radical (unpaired) electrons. The van der Waals surface area contributed by atoms with Crippen molar-refractivity contribution < 1.29 is 0 Å². The summed E-state index contributed by atoms with van der Waals surface area (Å²) in [7, 11) is 1.82. The Morgan fingerprint density at radius 3 is 2.54 bits per heavy atom. The maximum absolute atomic E-state index is 6.01. The topological polar surface area (TPSA) is 24.1 Å². The van der Waals surface area contributed by atoms with Crippen molar-refractivity contribution in [3.05, 3.63) is 33.8 Å². The van der Waals surface area contributed by atoms with Gasteiger partial charge in [0.2, 0.25) is 0 Å². The van der Waals surface area contributed by atoms with Crippen LogP contribution in [0.1, 0.15) is 18.5 Å². The van der Waals surface area contributed by atoms with Crippen molar-refractivity contribution in [2.24, 2.45) is 0 Å². The average Bonchev–Trinajstić information content (AvgIpc) is 2.04. The number of hydrogen-bond acceptors (Lipinski definition) is 2. The highest BCUT2D eigenvalue weighted by molar-refractivity contribution is 6.35. The maximum atomic E-state index is 6.01. The smallest absolute Gasteiger partial charge is 0.0469 e. The molecular weight excluding hydrogens is 207 g/mol. The third-order valence-electron chi connectivity index (χ3n) is 1.79. The molecule has 13 heavy (non-hydrogen) atoms. The molecule has 0 spiro atoms. The molecule has 2 nitrogen and oxygen atoms in total. The monoisotopic (exact) mass is 218 g/mol. The van der Waals surface area contributed by atoms with Crippen molar-refractivity contribution in [2.45, 2.75) is 13.0 Å². The van der Waals surface area contributed by atoms with Crippen LogP contribution >= 0.6 is 23.2 Å². The molecule has 0 unspecified atom stereocenters. The van der Waals surface area contributed by atoms with Crippen molar-refractivity contribution >= 4 is 23.2 Å². The second-order valence-corrected chi connectivity index (χ2v) is 3.63. The molecule has 0 aliphatic rings. The van der Waals surface area contributed by atoms with E-state index >= 15 is 0 Å². The molecule has 0 saturated carbocycles. The summed E-state index contributed by atoms with van der Waals surface area (Å²) >= 11 is 11.8. The Kier molecular flexibility index (Phi) is 4.00. The number of hydrazine groups is 1. The van der Waals surface area contributed by atoms with Crippen molar-refractivity contribution in [1.29, 1.82) is 0 Å². The minimum Gasteiger partial charge on any atom is -0.260 e. The Morgan fingerprint density at radius 2 is 2.00 bits per heavy atom. The van der Waals surface area contributed by atoms with Crippen LogP contribution in [0.2, 0.25) is 10.0 Å². The summed E-state index contributed by atoms with van der Waals surface area (Å²) in [6.07, 6.45) is 0. The van der Waals surface area contributed by atoms with Gasteiger partial charge in [-0.1, -0.05) is 29.3 Å². The molecule has 72 valence electrons. The molecule has 0 heterocycles. The lowest BCUT2D eigenvalue weighted by Gasteiger charge is -2.14. The van der Waals surface area contributed by atoms with Crippen LogP contribution in [0.5, 0.6) is 0 Å². The molecule has 0 aliphatic carbocycles. The van der Waals surface area contributed by atoms with E-state index in [1.807, 2.05) is 26.1 Å². The summed E-state index contributed by atoms with van der Waals surface area (Å²) in [6.45, 7) is 2.02. The van der Waals surface area contributed by atoms with E-state index in [1.54, 1.807) is 6.07 Å². The summed E-state index contributed by atoms with van der Waals surface area (Å²) < 4.78 is 0. The third-order valence-corrected chi connectivity index (χ3v) is 2.35. The van der Waals surface area contributed by atoms with Crippen LogP contribution in [-0.4, -0.2) is 7.05 Å². The van der Waals surface area contributed by atoms with E-state index in [4.69, 9.17) is 23.2 Å². The van der Waals surface area contributed by atoms with E-state index < -0.39 is 0 Å². The van der Waals surface area contributed by atoms with Crippen LogP contribution in [0.4, 0.5) is 0 Å². The lowest BCUT2D eigenvalue weighted by molar-refractivity contribution is 0.506. The molecule has 0 amide bonds. The van der Waals surface area contributed by atoms with Gasteiger partial charge in [0.05, 0.1) is 0 Å². The highest BCUT2D eigenvalue weighted by Crippen LogP contribution is 2.25. The minimum absolute atomic E-state index is 0.162. The molecule has 0 saturated heterocycles. The molecule has 1 aromatic rings. The van der Waals surface area contributed by atoms with Gasteiger partial charge in [0, 0.05) is 16.1 Å². The van der Waals surface area contributed by atoms with E-state index in [-0.39, 0.29) is 6.04 Å². The summed E-state index contributed by atoms with van der Waals surface area (Å²) in [5.74, 6) is 0. The molecule has 1 aromatic carbocycles. The molecule has 0 aliphatic heterocycles. The third kappa shape index (κ3) is 2.85. The number of rotatable bonds is 3. The Morgan fingerprint density at radius 1 is 1.31 bits per heavy atom. The van der Waals surface area contributed by atoms with Crippen molar-refractivity contribution in [1.82, 2.24) is 10.9 Å². The quantitative estimate of drug-likeness (QED) is 0.764. The fraction of sp³-hybridized carbons (Fsp3) is 0.333. The van der Waals surface area contributed by atoms with E-state index in [0.717, 1.165) is 5.56 Å². The van der Waals surface area contributed by atoms with Crippen LogP contribution in [0, 0.1) is 0 Å². The zero-order valence-corrected chi connectivity index (χ0v) is 9.08. The standard InChI is InChI=1S/C9H12Cl2N2/c1-6(13-12-2)8-4-3-7(10)5-9(8)11/h3-6,12-13H,1-2H3/t6-/m1/s1. The van der Waals surface area contributed by atoms with Gasteiger partial charge in [-0.05, 0) is 31.7 Å². The molecule has 2 N–H and O–H groups in total. The lowest BCUT2D eigenvalue weighted by atomic mass is 10.1. The van der Waals surface area contributed by atoms with Crippen molar-refractivity contribution in [3.8, 4) is 0 Å². The molecule has 0 bridgehead atoms. The lowest BCUT2D eigenvalue weighted by Crippen LogP contribution is -2.30. The Bertz CT molecular complexity index is 289. The minimum atomic E-state index is 0.162. The van der Waals surface area contributed by atoms with E-state index in [9.17, 15) is 0 Å². The van der Waals surface area contributed by atoms with Crippen molar-refractivity contribution in [3.63, 3.8) is 0 Å². The first kappa shape index (κ1) is 10.8. The molecule has 1 rings (SSSR count). The largest absolute Gasteiger partial charge is 0.260 e. The van der Waals surface area contributed by atoms with Crippen molar-refractivity contribution in [2.75, 3.05) is 7.05 Å². The van der Waals surface area contributed by atoms with Crippen LogP contribution in [0.15, 0.2) is 18.2 Å². The predicted octanol–water partition coefficient (Wildman–Crippen LogP) is 2.78. The molecule has 1 atom stereocenters. The van der Waals surface area contributed by atoms with Gasteiger partial charge >= 0.3 is 0 Å². The van der Waals surface area contributed by atoms with Crippen LogP contribution in [0.25, 0.3) is 0 Å². The van der Waals surface area contributed by atoms with Gasteiger partial charge in [-0.3, -0.25) is 10.9 Å². The summed E-state index contributed by atoms with van der Waals surface area (Å²) in [4.78, 5) is 0. The maximum Gasteiger partial charge on any atom is 0.0469 e. The van der Waals surface area contributed by atoms with Gasteiger partial charge in [0.1, 0.15) is 0 Å². The average molecular weight is 219 g/mol. The highest BCUT2D eigenvalue weighted by Gasteiger charge is 2.07. The zero-order valence-electron chi connectivity index (χ0n) is 7.57. The fourth-order valence-corrected chi connectivity index (χ4v) is 1.72. The first-order valence-electron chi connectivity index (χ1n) is 4.02. The Labute approximate surface area is 88.2 Å². The van der Waals surface area contributed by atoms with Gasteiger partial charge in [0.15, 0.2) is 0 Å². The van der Waals surface area contributed by atoms with Gasteiger partial charge in [-0.15, -0.1) is 0 Å². The summed E-state index contributed by atoms with van der Waals surface area (Å²) in [6, 6.07) is 5.65. The van der Waals surface area contributed by atoms with E-state index in [2.05, 4.69) is 10.9 Å². The number of halogens is 2. The van der Waals surface area contributed by atoms with Gasteiger partial charge < -0.3 is 0 Å². The number of hydrogen-bond donors (Lipinski definition) is 2.